The Balaban J connectivity index is 2.40. The van der Waals surface area contributed by atoms with E-state index in [1.54, 1.807) is 0 Å². The minimum atomic E-state index is -0.0382. The first-order valence-corrected chi connectivity index (χ1v) is 4.19. The lowest BCUT2D eigenvalue weighted by molar-refractivity contribution is -0.0408. The summed E-state index contributed by atoms with van der Waals surface area (Å²) in [5.41, 5.74) is -0.0382. The highest BCUT2D eigenvalue weighted by Gasteiger charge is 2.34. The zero-order valence-electron chi connectivity index (χ0n) is 7.35. The Morgan fingerprint density at radius 3 is 2.91 bits per heavy atom. The van der Waals surface area contributed by atoms with Gasteiger partial charge >= 0.3 is 0 Å². The molecule has 1 rings (SSSR count). The Labute approximate surface area is 68.1 Å². The van der Waals surface area contributed by atoms with Crippen LogP contribution in [-0.2, 0) is 9.47 Å². The van der Waals surface area contributed by atoms with E-state index in [9.17, 15) is 0 Å². The van der Waals surface area contributed by atoms with E-state index in [-0.39, 0.29) is 5.60 Å². The topological polar surface area (TPSA) is 30.5 Å². The second kappa shape index (κ2) is 4.04. The average Bonchev–Trinajstić information content (AvgIpc) is 2.39. The van der Waals surface area contributed by atoms with Gasteiger partial charge in [0.25, 0.3) is 0 Å². The van der Waals surface area contributed by atoms with Gasteiger partial charge in [0.2, 0.25) is 0 Å². The molecule has 0 spiro atoms. The number of nitrogens with one attached hydrogen (secondary N) is 1. The minimum absolute atomic E-state index is 0.0382. The first-order chi connectivity index (χ1) is 5.33. The van der Waals surface area contributed by atoms with Gasteiger partial charge in [-0.25, -0.2) is 0 Å². The standard InChI is InChI=1S/C8H17NO2/c1-3-11-8(6-9-2)4-5-10-7-8/h9H,3-7H2,1-2H3. The molecule has 0 radical (unpaired) electrons. The fraction of sp³-hybridized carbons (Fsp3) is 1.00. The van der Waals surface area contributed by atoms with Crippen molar-refractivity contribution < 1.29 is 9.47 Å². The molecular weight excluding hydrogens is 142 g/mol. The third kappa shape index (κ3) is 2.15. The first-order valence-electron chi connectivity index (χ1n) is 4.19. The van der Waals surface area contributed by atoms with Crippen molar-refractivity contribution in [3.63, 3.8) is 0 Å². The summed E-state index contributed by atoms with van der Waals surface area (Å²) in [4.78, 5) is 0. The second-order valence-corrected chi connectivity index (χ2v) is 2.95. The lowest BCUT2D eigenvalue weighted by atomic mass is 10.0. The molecule has 1 fully saturated rings. The summed E-state index contributed by atoms with van der Waals surface area (Å²) in [6.07, 6.45) is 1.02. The number of likely N-dealkylation sites (N-methyl/N-ethyl adjacent to an activating group) is 1. The zero-order chi connectivity index (χ0) is 8.16. The van der Waals surface area contributed by atoms with Crippen molar-refractivity contribution in [3.05, 3.63) is 0 Å². The molecule has 3 heteroatoms. The van der Waals surface area contributed by atoms with Crippen molar-refractivity contribution in [3.8, 4) is 0 Å². The number of ether oxygens (including phenoxy) is 2. The Morgan fingerprint density at radius 1 is 1.64 bits per heavy atom. The van der Waals surface area contributed by atoms with Crippen LogP contribution in [0.5, 0.6) is 0 Å². The van der Waals surface area contributed by atoms with Crippen LogP contribution >= 0.6 is 0 Å². The van der Waals surface area contributed by atoms with Gasteiger partial charge in [-0.3, -0.25) is 0 Å². The summed E-state index contributed by atoms with van der Waals surface area (Å²) in [5, 5.41) is 3.13. The van der Waals surface area contributed by atoms with E-state index in [2.05, 4.69) is 5.32 Å². The Bertz CT molecular complexity index is 103. The quantitative estimate of drug-likeness (QED) is 0.644. The Hall–Kier alpha value is -0.120. The van der Waals surface area contributed by atoms with Crippen LogP contribution in [0, 0.1) is 0 Å². The van der Waals surface area contributed by atoms with E-state index in [1.165, 1.54) is 0 Å². The highest BCUT2D eigenvalue weighted by atomic mass is 16.6. The highest BCUT2D eigenvalue weighted by Crippen LogP contribution is 2.21. The van der Waals surface area contributed by atoms with Crippen molar-refractivity contribution in [2.45, 2.75) is 18.9 Å². The maximum atomic E-state index is 5.64. The monoisotopic (exact) mass is 159 g/mol. The van der Waals surface area contributed by atoms with E-state index in [0.717, 1.165) is 32.8 Å². The molecule has 0 aromatic carbocycles. The molecule has 0 saturated carbocycles. The number of hydrogen-bond donors (Lipinski definition) is 1. The Morgan fingerprint density at radius 2 is 2.45 bits per heavy atom. The molecule has 1 aliphatic rings. The van der Waals surface area contributed by atoms with Crippen LogP contribution in [0.15, 0.2) is 0 Å². The van der Waals surface area contributed by atoms with Crippen LogP contribution in [0.4, 0.5) is 0 Å². The molecule has 1 aliphatic heterocycles. The fourth-order valence-electron chi connectivity index (χ4n) is 1.52. The molecule has 0 aliphatic carbocycles. The lowest BCUT2D eigenvalue weighted by Gasteiger charge is -2.26. The van der Waals surface area contributed by atoms with Crippen molar-refractivity contribution in [1.82, 2.24) is 5.32 Å². The highest BCUT2D eigenvalue weighted by molar-refractivity contribution is 4.86. The first kappa shape index (κ1) is 8.97. The molecule has 0 aromatic rings. The summed E-state index contributed by atoms with van der Waals surface area (Å²) in [6.45, 7) is 5.25. The van der Waals surface area contributed by atoms with Gasteiger partial charge in [0.05, 0.1) is 6.61 Å². The zero-order valence-corrected chi connectivity index (χ0v) is 7.35. The molecule has 0 aromatic heterocycles. The summed E-state index contributed by atoms with van der Waals surface area (Å²) in [6, 6.07) is 0. The lowest BCUT2D eigenvalue weighted by Crippen LogP contribution is -2.42. The van der Waals surface area contributed by atoms with Crippen molar-refractivity contribution in [1.29, 1.82) is 0 Å². The molecule has 11 heavy (non-hydrogen) atoms. The van der Waals surface area contributed by atoms with E-state index in [1.807, 2.05) is 14.0 Å². The minimum Gasteiger partial charge on any atom is -0.378 e. The van der Waals surface area contributed by atoms with E-state index in [0.29, 0.717) is 0 Å². The van der Waals surface area contributed by atoms with Crippen LogP contribution in [0.3, 0.4) is 0 Å². The largest absolute Gasteiger partial charge is 0.378 e. The van der Waals surface area contributed by atoms with Crippen molar-refractivity contribution >= 4 is 0 Å². The van der Waals surface area contributed by atoms with Crippen LogP contribution in [0.2, 0.25) is 0 Å². The third-order valence-electron chi connectivity index (χ3n) is 2.02. The van der Waals surface area contributed by atoms with Gasteiger partial charge < -0.3 is 14.8 Å². The SMILES string of the molecule is CCOC1(CNC)CCOC1. The second-order valence-electron chi connectivity index (χ2n) is 2.95. The third-order valence-corrected chi connectivity index (χ3v) is 2.02. The molecule has 1 N–H and O–H groups in total. The normalized spacial score (nSPS) is 31.1. The number of hydrogen-bond acceptors (Lipinski definition) is 3. The maximum absolute atomic E-state index is 5.64. The van der Waals surface area contributed by atoms with Crippen LogP contribution in [-0.4, -0.2) is 39.0 Å². The summed E-state index contributed by atoms with van der Waals surface area (Å²) >= 11 is 0. The van der Waals surface area contributed by atoms with Gasteiger partial charge in [-0.05, 0) is 14.0 Å². The molecule has 1 heterocycles. The van der Waals surface area contributed by atoms with Gasteiger partial charge in [0.15, 0.2) is 0 Å². The summed E-state index contributed by atoms with van der Waals surface area (Å²) in [5.74, 6) is 0. The van der Waals surface area contributed by atoms with E-state index < -0.39 is 0 Å². The Kier molecular flexibility index (Phi) is 3.30. The molecule has 0 bridgehead atoms. The van der Waals surface area contributed by atoms with Gasteiger partial charge in [-0.15, -0.1) is 0 Å². The van der Waals surface area contributed by atoms with E-state index in [4.69, 9.17) is 9.47 Å². The van der Waals surface area contributed by atoms with Gasteiger partial charge in [-0.1, -0.05) is 0 Å². The molecule has 0 amide bonds. The van der Waals surface area contributed by atoms with E-state index >= 15 is 0 Å². The van der Waals surface area contributed by atoms with Gasteiger partial charge in [0.1, 0.15) is 5.60 Å². The molecule has 3 nitrogen and oxygen atoms in total. The van der Waals surface area contributed by atoms with Gasteiger partial charge in [0, 0.05) is 26.2 Å². The van der Waals surface area contributed by atoms with Crippen molar-refractivity contribution in [2.24, 2.45) is 0 Å². The van der Waals surface area contributed by atoms with Crippen molar-refractivity contribution in [2.75, 3.05) is 33.4 Å². The van der Waals surface area contributed by atoms with Gasteiger partial charge in [-0.2, -0.15) is 0 Å². The molecule has 1 saturated heterocycles. The van der Waals surface area contributed by atoms with Crippen LogP contribution in [0.25, 0.3) is 0 Å². The maximum Gasteiger partial charge on any atom is 0.106 e. The smallest absolute Gasteiger partial charge is 0.106 e. The average molecular weight is 159 g/mol. The fourth-order valence-corrected chi connectivity index (χ4v) is 1.52. The molecule has 66 valence electrons. The summed E-state index contributed by atoms with van der Waals surface area (Å²) < 4.78 is 10.9. The summed E-state index contributed by atoms with van der Waals surface area (Å²) in [7, 11) is 1.94. The molecule has 1 unspecified atom stereocenters. The molecule has 1 atom stereocenters. The van der Waals surface area contributed by atoms with Crippen LogP contribution in [0.1, 0.15) is 13.3 Å². The van der Waals surface area contributed by atoms with Crippen LogP contribution < -0.4 is 5.32 Å². The molecular formula is C8H17NO2. The predicted octanol–water partition coefficient (Wildman–Crippen LogP) is 0.401. The predicted molar refractivity (Wildman–Crippen MR) is 43.7 cm³/mol. The number of rotatable bonds is 4.